The SMILES string of the molecule is O=C(/C=C/c1ccc(CN(CCc2cccnc2)C(=O)NC(=O)C2=CC=CCCC2)cc1)NO. The standard InChI is InChI=1S/C26H28N4O4/c31-24(29-34)14-13-20-9-11-22(12-10-20)19-30(17-15-21-6-5-16-27-18-21)26(33)28-25(32)23-7-3-1-2-4-8-23/h1,3,5-7,9-14,16,18,34H,2,4,8,15,17,19H2,(H,29,31)(H,28,32,33)/b14-13+. The molecule has 2 aromatic rings. The Bertz CT molecular complexity index is 1080. The van der Waals surface area contributed by atoms with E-state index in [4.69, 9.17) is 5.21 Å². The largest absolute Gasteiger partial charge is 0.324 e. The van der Waals surface area contributed by atoms with E-state index in [2.05, 4.69) is 10.3 Å². The van der Waals surface area contributed by atoms with Gasteiger partial charge in [-0.25, -0.2) is 10.3 Å². The molecule has 0 fully saturated rings. The topological polar surface area (TPSA) is 112 Å². The van der Waals surface area contributed by atoms with Gasteiger partial charge in [0.05, 0.1) is 0 Å². The van der Waals surface area contributed by atoms with E-state index in [1.165, 1.54) is 11.6 Å². The van der Waals surface area contributed by atoms with Gasteiger partial charge >= 0.3 is 6.03 Å². The molecule has 34 heavy (non-hydrogen) atoms. The Hall–Kier alpha value is -4.04. The lowest BCUT2D eigenvalue weighted by molar-refractivity contribution is -0.124. The molecule has 3 rings (SSSR count). The van der Waals surface area contributed by atoms with Crippen LogP contribution in [0.4, 0.5) is 4.79 Å². The fourth-order valence-electron chi connectivity index (χ4n) is 3.45. The van der Waals surface area contributed by atoms with Crippen LogP contribution in [0.15, 0.2) is 78.7 Å². The van der Waals surface area contributed by atoms with Gasteiger partial charge in [0.1, 0.15) is 0 Å². The Labute approximate surface area is 198 Å². The van der Waals surface area contributed by atoms with Crippen molar-refractivity contribution in [2.24, 2.45) is 0 Å². The molecule has 0 aliphatic heterocycles. The Morgan fingerprint density at radius 1 is 1.12 bits per heavy atom. The molecule has 1 aromatic carbocycles. The second kappa shape index (κ2) is 12.9. The van der Waals surface area contributed by atoms with Crippen LogP contribution in [0, 0.1) is 0 Å². The number of hydrogen-bond acceptors (Lipinski definition) is 5. The van der Waals surface area contributed by atoms with Gasteiger partial charge in [-0.3, -0.25) is 25.1 Å². The summed E-state index contributed by atoms with van der Waals surface area (Å²) < 4.78 is 0. The van der Waals surface area contributed by atoms with Gasteiger partial charge < -0.3 is 4.90 Å². The molecular weight excluding hydrogens is 432 g/mol. The Morgan fingerprint density at radius 3 is 2.68 bits per heavy atom. The molecular formula is C26H28N4O4. The molecule has 0 saturated heterocycles. The number of hydroxylamine groups is 1. The number of benzene rings is 1. The summed E-state index contributed by atoms with van der Waals surface area (Å²) in [5, 5.41) is 11.1. The molecule has 0 bridgehead atoms. The third-order valence-electron chi connectivity index (χ3n) is 5.33. The zero-order valence-electron chi connectivity index (χ0n) is 18.8. The lowest BCUT2D eigenvalue weighted by atomic mass is 10.1. The van der Waals surface area contributed by atoms with Crippen LogP contribution in [-0.2, 0) is 22.6 Å². The van der Waals surface area contributed by atoms with Crippen molar-refractivity contribution in [3.63, 3.8) is 0 Å². The maximum atomic E-state index is 13.0. The van der Waals surface area contributed by atoms with Gasteiger partial charge in [0.15, 0.2) is 0 Å². The molecule has 0 spiro atoms. The molecule has 8 heteroatoms. The minimum Gasteiger partial charge on any atom is -0.320 e. The molecule has 1 heterocycles. The zero-order valence-corrected chi connectivity index (χ0v) is 18.8. The van der Waals surface area contributed by atoms with Crippen molar-refractivity contribution in [1.29, 1.82) is 0 Å². The van der Waals surface area contributed by atoms with Gasteiger partial charge in [-0.05, 0) is 54.5 Å². The zero-order chi connectivity index (χ0) is 24.2. The monoisotopic (exact) mass is 460 g/mol. The number of carbonyl (C=O) groups excluding carboxylic acids is 3. The fraction of sp³-hybridized carbons (Fsp3) is 0.231. The van der Waals surface area contributed by atoms with Gasteiger partial charge in [0.2, 0.25) is 0 Å². The summed E-state index contributed by atoms with van der Waals surface area (Å²) in [7, 11) is 0. The minimum absolute atomic E-state index is 0.305. The number of imide groups is 1. The van der Waals surface area contributed by atoms with Crippen LogP contribution in [0.1, 0.15) is 36.0 Å². The molecule has 0 saturated carbocycles. The van der Waals surface area contributed by atoms with Crippen molar-refractivity contribution >= 4 is 23.9 Å². The summed E-state index contributed by atoms with van der Waals surface area (Å²) in [6, 6.07) is 10.6. The van der Waals surface area contributed by atoms with Gasteiger partial charge in [0.25, 0.3) is 11.8 Å². The first-order chi connectivity index (χ1) is 16.5. The van der Waals surface area contributed by atoms with Crippen molar-refractivity contribution in [3.05, 3.63) is 95.4 Å². The molecule has 176 valence electrons. The van der Waals surface area contributed by atoms with Crippen LogP contribution in [0.25, 0.3) is 6.08 Å². The summed E-state index contributed by atoms with van der Waals surface area (Å²) in [5.41, 5.74) is 4.76. The number of urea groups is 1. The molecule has 1 aromatic heterocycles. The van der Waals surface area contributed by atoms with E-state index in [-0.39, 0.29) is 5.91 Å². The van der Waals surface area contributed by atoms with E-state index in [1.54, 1.807) is 29.4 Å². The van der Waals surface area contributed by atoms with Crippen molar-refractivity contribution in [2.45, 2.75) is 32.2 Å². The third-order valence-corrected chi connectivity index (χ3v) is 5.33. The van der Waals surface area contributed by atoms with Crippen molar-refractivity contribution in [3.8, 4) is 0 Å². The normalized spacial score (nSPS) is 13.1. The van der Waals surface area contributed by atoms with Crippen LogP contribution in [0.5, 0.6) is 0 Å². The summed E-state index contributed by atoms with van der Waals surface area (Å²) in [5.74, 6) is -0.989. The Morgan fingerprint density at radius 2 is 1.94 bits per heavy atom. The van der Waals surface area contributed by atoms with Crippen molar-refractivity contribution < 1.29 is 19.6 Å². The molecule has 4 amide bonds. The molecule has 0 radical (unpaired) electrons. The minimum atomic E-state index is -0.619. The fourth-order valence-corrected chi connectivity index (χ4v) is 3.45. The highest BCUT2D eigenvalue weighted by Crippen LogP contribution is 2.14. The molecule has 0 unspecified atom stereocenters. The Balaban J connectivity index is 1.69. The number of aromatic nitrogens is 1. The maximum absolute atomic E-state index is 13.0. The van der Waals surface area contributed by atoms with Gasteiger partial charge in [-0.1, -0.05) is 48.6 Å². The summed E-state index contributed by atoms with van der Waals surface area (Å²) in [4.78, 5) is 42.6. The van der Waals surface area contributed by atoms with Gasteiger partial charge in [0, 0.05) is 37.1 Å². The van der Waals surface area contributed by atoms with E-state index in [1.807, 2.05) is 48.6 Å². The average Bonchev–Trinajstić information content (AvgIpc) is 3.16. The molecule has 0 atom stereocenters. The van der Waals surface area contributed by atoms with Crippen LogP contribution in [-0.4, -0.2) is 39.5 Å². The van der Waals surface area contributed by atoms with Crippen LogP contribution < -0.4 is 10.8 Å². The lowest BCUT2D eigenvalue weighted by Crippen LogP contribution is -2.43. The highest BCUT2D eigenvalue weighted by atomic mass is 16.5. The van der Waals surface area contributed by atoms with E-state index in [0.29, 0.717) is 31.5 Å². The highest BCUT2D eigenvalue weighted by molar-refractivity contribution is 6.03. The lowest BCUT2D eigenvalue weighted by Gasteiger charge is -2.23. The number of pyridine rings is 1. The smallest absolute Gasteiger partial charge is 0.320 e. The maximum Gasteiger partial charge on any atom is 0.324 e. The van der Waals surface area contributed by atoms with Crippen LogP contribution in [0.2, 0.25) is 0 Å². The van der Waals surface area contributed by atoms with Gasteiger partial charge in [-0.2, -0.15) is 0 Å². The number of nitrogens with one attached hydrogen (secondary N) is 2. The average molecular weight is 461 g/mol. The summed E-state index contributed by atoms with van der Waals surface area (Å²) in [6.45, 7) is 0.710. The van der Waals surface area contributed by atoms with Crippen molar-refractivity contribution in [2.75, 3.05) is 6.54 Å². The molecule has 8 nitrogen and oxygen atoms in total. The quantitative estimate of drug-likeness (QED) is 0.317. The molecule has 1 aliphatic rings. The van der Waals surface area contributed by atoms with Crippen molar-refractivity contribution in [1.82, 2.24) is 20.7 Å². The second-order valence-corrected chi connectivity index (χ2v) is 7.86. The number of amides is 4. The van der Waals surface area contributed by atoms with E-state index in [0.717, 1.165) is 29.5 Å². The number of nitrogens with zero attached hydrogens (tertiary/aromatic N) is 2. The van der Waals surface area contributed by atoms with E-state index in [9.17, 15) is 14.4 Å². The van der Waals surface area contributed by atoms with Crippen LogP contribution >= 0.6 is 0 Å². The number of hydrogen-bond donors (Lipinski definition) is 3. The number of allylic oxidation sites excluding steroid dienone is 3. The first-order valence-electron chi connectivity index (χ1n) is 11.1. The van der Waals surface area contributed by atoms with E-state index < -0.39 is 11.9 Å². The first kappa shape index (κ1) is 24.6. The Kier molecular flexibility index (Phi) is 9.30. The second-order valence-electron chi connectivity index (χ2n) is 7.86. The number of carbonyl (C=O) groups is 3. The first-order valence-corrected chi connectivity index (χ1v) is 11.1. The number of rotatable bonds is 8. The predicted molar refractivity (Wildman–Crippen MR) is 128 cm³/mol. The molecule has 3 N–H and O–H groups in total. The summed E-state index contributed by atoms with van der Waals surface area (Å²) >= 11 is 0. The highest BCUT2D eigenvalue weighted by Gasteiger charge is 2.19. The predicted octanol–water partition coefficient (Wildman–Crippen LogP) is 3.55. The van der Waals surface area contributed by atoms with Crippen LogP contribution in [0.3, 0.4) is 0 Å². The summed E-state index contributed by atoms with van der Waals surface area (Å²) in [6.07, 6.45) is 14.9. The van der Waals surface area contributed by atoms with Gasteiger partial charge in [-0.15, -0.1) is 0 Å². The van der Waals surface area contributed by atoms with E-state index >= 15 is 0 Å². The third kappa shape index (κ3) is 7.83. The molecule has 1 aliphatic carbocycles.